The molecule has 186 valence electrons. The van der Waals surface area contributed by atoms with Crippen LogP contribution >= 0.6 is 0 Å². The zero-order valence-corrected chi connectivity index (χ0v) is 20.6. The molecule has 2 aliphatic rings. The fourth-order valence-corrected chi connectivity index (χ4v) is 5.72. The molecule has 4 rings (SSSR count). The number of benzene rings is 1. The molecule has 0 radical (unpaired) electrons. The van der Waals surface area contributed by atoms with E-state index in [9.17, 15) is 14.7 Å². The van der Waals surface area contributed by atoms with Crippen molar-refractivity contribution in [2.24, 2.45) is 5.92 Å². The molecule has 1 amide bonds. The Hall–Kier alpha value is -2.41. The van der Waals surface area contributed by atoms with E-state index in [0.29, 0.717) is 23.9 Å². The average molecular weight is 470 g/mol. The topological polar surface area (TPSA) is 93.5 Å². The van der Waals surface area contributed by atoms with Gasteiger partial charge in [-0.1, -0.05) is 46.0 Å². The normalized spacial score (nSPS) is 20.1. The van der Waals surface area contributed by atoms with Crippen molar-refractivity contribution < 1.29 is 19.4 Å². The second kappa shape index (κ2) is 11.3. The fraction of sp³-hybridized carbons (Fsp3) is 0.667. The number of nitrogens with zero attached hydrogens (tertiary/aromatic N) is 2. The molecule has 2 fully saturated rings. The Morgan fingerprint density at radius 3 is 2.56 bits per heavy atom. The lowest BCUT2D eigenvalue weighted by Gasteiger charge is -2.25. The summed E-state index contributed by atoms with van der Waals surface area (Å²) in [5, 5.41) is 12.5. The van der Waals surface area contributed by atoms with Gasteiger partial charge in [0.2, 0.25) is 0 Å². The maximum atomic E-state index is 13.0. The van der Waals surface area contributed by atoms with Gasteiger partial charge < -0.3 is 19.7 Å². The molecule has 1 aromatic carbocycles. The molecule has 7 nitrogen and oxygen atoms in total. The molecule has 2 heterocycles. The van der Waals surface area contributed by atoms with Crippen molar-refractivity contribution in [2.75, 3.05) is 6.61 Å². The molecule has 0 spiro atoms. The molecule has 1 saturated heterocycles. The molecule has 34 heavy (non-hydrogen) atoms. The number of rotatable bonds is 10. The number of imidazole rings is 1. The Bertz CT molecular complexity index is 985. The molecule has 1 unspecified atom stereocenters. The highest BCUT2D eigenvalue weighted by Crippen LogP contribution is 2.30. The first-order valence-corrected chi connectivity index (χ1v) is 13.2. The van der Waals surface area contributed by atoms with E-state index in [1.54, 1.807) is 6.07 Å². The van der Waals surface area contributed by atoms with Crippen LogP contribution < -0.4 is 5.32 Å². The number of hydrogen-bond acceptors (Lipinski definition) is 4. The molecular weight excluding hydrogens is 430 g/mol. The number of ether oxygens (including phenoxy) is 1. The predicted molar refractivity (Wildman–Crippen MR) is 132 cm³/mol. The molecule has 2 N–H and O–H groups in total. The first kappa shape index (κ1) is 24.7. The Labute approximate surface area is 202 Å². The summed E-state index contributed by atoms with van der Waals surface area (Å²) in [6.07, 6.45) is 11.2. The number of carbonyl (C=O) groups excluding carboxylic acids is 1. The van der Waals surface area contributed by atoms with Gasteiger partial charge >= 0.3 is 5.97 Å². The van der Waals surface area contributed by atoms with Crippen LogP contribution in [-0.2, 0) is 16.0 Å². The van der Waals surface area contributed by atoms with Gasteiger partial charge in [0.25, 0.3) is 5.91 Å². The van der Waals surface area contributed by atoms with Crippen LogP contribution in [0.15, 0.2) is 18.2 Å². The summed E-state index contributed by atoms with van der Waals surface area (Å²) in [5.74, 6) is 0.0716. The van der Waals surface area contributed by atoms with Crippen LogP contribution in [0.3, 0.4) is 0 Å². The van der Waals surface area contributed by atoms with Crippen LogP contribution in [0.5, 0.6) is 0 Å². The van der Waals surface area contributed by atoms with Crippen LogP contribution in [0.2, 0.25) is 0 Å². The summed E-state index contributed by atoms with van der Waals surface area (Å²) >= 11 is 0. The summed E-state index contributed by atoms with van der Waals surface area (Å²) in [6, 6.07) is 5.05. The average Bonchev–Trinajstić information content (AvgIpc) is 3.48. The summed E-state index contributed by atoms with van der Waals surface area (Å²) in [7, 11) is 0. The van der Waals surface area contributed by atoms with E-state index in [4.69, 9.17) is 9.72 Å². The van der Waals surface area contributed by atoms with Gasteiger partial charge in [-0.15, -0.1) is 0 Å². The van der Waals surface area contributed by atoms with Gasteiger partial charge in [0.15, 0.2) is 0 Å². The maximum Gasteiger partial charge on any atom is 0.326 e. The van der Waals surface area contributed by atoms with E-state index in [-0.39, 0.29) is 12.0 Å². The lowest BCUT2D eigenvalue weighted by molar-refractivity contribution is -0.139. The van der Waals surface area contributed by atoms with E-state index in [1.165, 1.54) is 6.42 Å². The highest BCUT2D eigenvalue weighted by Gasteiger charge is 2.27. The Balaban J connectivity index is 1.56. The number of carboxylic acid groups (broad SMARTS) is 1. The summed E-state index contributed by atoms with van der Waals surface area (Å²) < 4.78 is 8.19. The second-order valence-corrected chi connectivity index (χ2v) is 10.0. The van der Waals surface area contributed by atoms with Crippen LogP contribution in [0.1, 0.15) is 100 Å². The molecule has 1 aromatic heterocycles. The number of hydrogen-bond donors (Lipinski definition) is 2. The minimum atomic E-state index is -0.961. The highest BCUT2D eigenvalue weighted by atomic mass is 16.5. The number of nitrogens with one attached hydrogen (secondary N) is 1. The third-order valence-corrected chi connectivity index (χ3v) is 7.66. The molecule has 0 bridgehead atoms. The molecule has 2 aromatic rings. The lowest BCUT2D eigenvalue weighted by atomic mass is 9.85. The van der Waals surface area contributed by atoms with Crippen molar-refractivity contribution in [2.45, 2.75) is 103 Å². The smallest absolute Gasteiger partial charge is 0.326 e. The SMILES string of the molecule is CCC(CC)n1c(CC2CCCO2)nc2cc(C(=O)N[C@@H](CC3CCCCC3)C(=O)O)ccc21. The first-order chi connectivity index (χ1) is 16.5. The van der Waals surface area contributed by atoms with E-state index in [0.717, 1.165) is 81.3 Å². The van der Waals surface area contributed by atoms with Crippen molar-refractivity contribution >= 4 is 22.9 Å². The minimum Gasteiger partial charge on any atom is -0.480 e. The number of aliphatic carboxylic acids is 1. The maximum absolute atomic E-state index is 13.0. The standard InChI is InChI=1S/C27H39N3O4/c1-3-20(4-2)30-24-13-12-19(16-22(24)28-25(30)17-21-11-8-14-34-21)26(31)29-23(27(32)33)15-18-9-6-5-7-10-18/h12-13,16,18,20-21,23H,3-11,14-15,17H2,1-2H3,(H,29,31)(H,32,33)/t21?,23-/m0/s1. The number of fused-ring (bicyclic) bond motifs is 1. The van der Waals surface area contributed by atoms with Crippen molar-refractivity contribution in [3.05, 3.63) is 29.6 Å². The number of carbonyl (C=O) groups is 2. The molecular formula is C27H39N3O4. The van der Waals surface area contributed by atoms with Gasteiger partial charge in [0.1, 0.15) is 11.9 Å². The highest BCUT2D eigenvalue weighted by molar-refractivity contribution is 5.99. The van der Waals surface area contributed by atoms with Gasteiger partial charge in [-0.3, -0.25) is 4.79 Å². The van der Waals surface area contributed by atoms with Gasteiger partial charge in [-0.05, 0) is 56.2 Å². The molecule has 1 aliphatic heterocycles. The van der Waals surface area contributed by atoms with Crippen molar-refractivity contribution in [1.82, 2.24) is 14.9 Å². The van der Waals surface area contributed by atoms with Gasteiger partial charge in [0, 0.05) is 24.6 Å². The first-order valence-electron chi connectivity index (χ1n) is 13.2. The monoisotopic (exact) mass is 469 g/mol. The summed E-state index contributed by atoms with van der Waals surface area (Å²) in [6.45, 7) is 5.19. The molecule has 7 heteroatoms. The zero-order chi connectivity index (χ0) is 24.1. The van der Waals surface area contributed by atoms with Crippen molar-refractivity contribution in [3.63, 3.8) is 0 Å². The Morgan fingerprint density at radius 2 is 1.91 bits per heavy atom. The Morgan fingerprint density at radius 1 is 1.15 bits per heavy atom. The van der Waals surface area contributed by atoms with E-state index >= 15 is 0 Å². The van der Waals surface area contributed by atoms with Gasteiger partial charge in [0.05, 0.1) is 17.1 Å². The van der Waals surface area contributed by atoms with Gasteiger partial charge in [-0.25, -0.2) is 9.78 Å². The van der Waals surface area contributed by atoms with Crippen molar-refractivity contribution in [3.8, 4) is 0 Å². The largest absolute Gasteiger partial charge is 0.480 e. The zero-order valence-electron chi connectivity index (χ0n) is 20.6. The van der Waals surface area contributed by atoms with E-state index in [2.05, 4.69) is 23.7 Å². The third kappa shape index (κ3) is 5.62. The van der Waals surface area contributed by atoms with Crippen LogP contribution in [-0.4, -0.2) is 45.3 Å². The van der Waals surface area contributed by atoms with Gasteiger partial charge in [-0.2, -0.15) is 0 Å². The van der Waals surface area contributed by atoms with E-state index < -0.39 is 12.0 Å². The minimum absolute atomic E-state index is 0.198. The van der Waals surface area contributed by atoms with Crippen molar-refractivity contribution in [1.29, 1.82) is 0 Å². The second-order valence-electron chi connectivity index (χ2n) is 10.0. The summed E-state index contributed by atoms with van der Waals surface area (Å²) in [5.41, 5.74) is 2.27. The van der Waals surface area contributed by atoms with Crippen LogP contribution in [0.4, 0.5) is 0 Å². The number of aromatic nitrogens is 2. The summed E-state index contributed by atoms with van der Waals surface area (Å²) in [4.78, 5) is 29.8. The Kier molecular flexibility index (Phi) is 8.24. The number of amides is 1. The number of carboxylic acids is 1. The quantitative estimate of drug-likeness (QED) is 0.494. The lowest BCUT2D eigenvalue weighted by Crippen LogP contribution is -2.42. The fourth-order valence-electron chi connectivity index (χ4n) is 5.72. The third-order valence-electron chi connectivity index (χ3n) is 7.66. The van der Waals surface area contributed by atoms with Crippen LogP contribution in [0.25, 0.3) is 11.0 Å². The molecule has 1 saturated carbocycles. The molecule has 1 aliphatic carbocycles. The van der Waals surface area contributed by atoms with Crippen LogP contribution in [0, 0.1) is 5.92 Å². The molecule has 2 atom stereocenters. The predicted octanol–water partition coefficient (Wildman–Crippen LogP) is 5.27. The van der Waals surface area contributed by atoms with E-state index in [1.807, 2.05) is 12.1 Å².